The monoisotopic (exact) mass is 240 g/mol. The van der Waals surface area contributed by atoms with Crippen molar-refractivity contribution < 1.29 is 4.74 Å². The minimum absolute atomic E-state index is 0.509. The topological polar surface area (TPSA) is 24.5 Å². The standard InChI is InChI=1S/C14H28N2O/c1-2-16(12-14-7-5-11-17-14)10-8-13-6-3-4-9-15-13/h13-15H,2-12H2,1H3. The maximum atomic E-state index is 5.72. The molecule has 0 aromatic heterocycles. The van der Waals surface area contributed by atoms with Crippen LogP contribution in [0.5, 0.6) is 0 Å². The van der Waals surface area contributed by atoms with Crippen molar-refractivity contribution in [2.75, 3.05) is 32.8 Å². The smallest absolute Gasteiger partial charge is 0.0702 e. The van der Waals surface area contributed by atoms with Gasteiger partial charge in [-0.15, -0.1) is 0 Å². The molecule has 0 radical (unpaired) electrons. The highest BCUT2D eigenvalue weighted by molar-refractivity contribution is 4.75. The third-order valence-corrected chi connectivity index (χ3v) is 4.14. The summed E-state index contributed by atoms with van der Waals surface area (Å²) in [5.41, 5.74) is 0. The largest absolute Gasteiger partial charge is 0.377 e. The molecule has 2 heterocycles. The van der Waals surface area contributed by atoms with Gasteiger partial charge in [0.05, 0.1) is 6.10 Å². The maximum absolute atomic E-state index is 5.72. The minimum Gasteiger partial charge on any atom is -0.377 e. The third-order valence-electron chi connectivity index (χ3n) is 4.14. The highest BCUT2D eigenvalue weighted by atomic mass is 16.5. The molecule has 2 fully saturated rings. The van der Waals surface area contributed by atoms with E-state index in [1.165, 1.54) is 51.6 Å². The van der Waals surface area contributed by atoms with E-state index in [2.05, 4.69) is 17.1 Å². The Labute approximate surface area is 106 Å². The van der Waals surface area contributed by atoms with E-state index in [-0.39, 0.29) is 0 Å². The van der Waals surface area contributed by atoms with Crippen LogP contribution in [0.3, 0.4) is 0 Å². The van der Waals surface area contributed by atoms with E-state index in [0.717, 1.165) is 25.7 Å². The first-order valence-corrected chi connectivity index (χ1v) is 7.46. The van der Waals surface area contributed by atoms with Gasteiger partial charge in [0, 0.05) is 19.2 Å². The zero-order chi connectivity index (χ0) is 11.9. The summed E-state index contributed by atoms with van der Waals surface area (Å²) in [5, 5.41) is 3.63. The van der Waals surface area contributed by atoms with Crippen LogP contribution in [0.1, 0.15) is 45.4 Å². The molecule has 2 aliphatic heterocycles. The molecule has 2 aliphatic rings. The molecule has 0 aromatic rings. The van der Waals surface area contributed by atoms with Crippen LogP contribution in [0.4, 0.5) is 0 Å². The van der Waals surface area contributed by atoms with E-state index >= 15 is 0 Å². The Morgan fingerprint density at radius 2 is 2.18 bits per heavy atom. The summed E-state index contributed by atoms with van der Waals surface area (Å²) in [6.45, 7) is 8.00. The molecule has 2 atom stereocenters. The number of nitrogens with one attached hydrogen (secondary N) is 1. The molecule has 2 saturated heterocycles. The number of ether oxygens (including phenoxy) is 1. The zero-order valence-electron chi connectivity index (χ0n) is 11.3. The molecule has 0 aliphatic carbocycles. The summed E-state index contributed by atoms with van der Waals surface area (Å²) in [6, 6.07) is 0.766. The first-order chi connectivity index (χ1) is 8.38. The van der Waals surface area contributed by atoms with Crippen LogP contribution in [0.25, 0.3) is 0 Å². The van der Waals surface area contributed by atoms with Crippen molar-refractivity contribution in [2.24, 2.45) is 0 Å². The molecule has 0 saturated carbocycles. The molecule has 0 bridgehead atoms. The van der Waals surface area contributed by atoms with E-state index < -0.39 is 0 Å². The van der Waals surface area contributed by atoms with Crippen molar-refractivity contribution in [1.29, 1.82) is 0 Å². The van der Waals surface area contributed by atoms with Gasteiger partial charge in [-0.1, -0.05) is 13.3 Å². The van der Waals surface area contributed by atoms with Gasteiger partial charge < -0.3 is 15.0 Å². The summed E-state index contributed by atoms with van der Waals surface area (Å²) >= 11 is 0. The summed E-state index contributed by atoms with van der Waals surface area (Å²) in [5.74, 6) is 0. The van der Waals surface area contributed by atoms with E-state index in [1.807, 2.05) is 0 Å². The third kappa shape index (κ3) is 4.57. The predicted octanol–water partition coefficient (Wildman–Crippen LogP) is 2.02. The van der Waals surface area contributed by atoms with E-state index in [9.17, 15) is 0 Å². The number of hydrogen-bond acceptors (Lipinski definition) is 3. The number of likely N-dealkylation sites (N-methyl/N-ethyl adjacent to an activating group) is 1. The highest BCUT2D eigenvalue weighted by Gasteiger charge is 2.19. The summed E-state index contributed by atoms with van der Waals surface area (Å²) < 4.78 is 5.72. The number of rotatable bonds is 6. The van der Waals surface area contributed by atoms with Crippen LogP contribution in [-0.2, 0) is 4.74 Å². The van der Waals surface area contributed by atoms with Crippen LogP contribution < -0.4 is 5.32 Å². The van der Waals surface area contributed by atoms with Crippen LogP contribution >= 0.6 is 0 Å². The molecular formula is C14H28N2O. The van der Waals surface area contributed by atoms with Gasteiger partial charge in [0.25, 0.3) is 0 Å². The molecule has 3 heteroatoms. The molecule has 0 amide bonds. The van der Waals surface area contributed by atoms with Gasteiger partial charge in [-0.3, -0.25) is 0 Å². The van der Waals surface area contributed by atoms with Crippen LogP contribution in [0.15, 0.2) is 0 Å². The van der Waals surface area contributed by atoms with Gasteiger partial charge in [-0.05, 0) is 51.7 Å². The van der Waals surface area contributed by atoms with Gasteiger partial charge >= 0.3 is 0 Å². The number of nitrogens with zero attached hydrogens (tertiary/aromatic N) is 1. The molecule has 2 unspecified atom stereocenters. The first kappa shape index (κ1) is 13.3. The molecule has 0 aromatic carbocycles. The van der Waals surface area contributed by atoms with Gasteiger partial charge in [0.15, 0.2) is 0 Å². The van der Waals surface area contributed by atoms with E-state index in [0.29, 0.717) is 6.10 Å². The Morgan fingerprint density at radius 3 is 2.82 bits per heavy atom. The van der Waals surface area contributed by atoms with Crippen molar-refractivity contribution in [2.45, 2.75) is 57.6 Å². The van der Waals surface area contributed by atoms with E-state index in [4.69, 9.17) is 4.74 Å². The van der Waals surface area contributed by atoms with Crippen molar-refractivity contribution in [3.05, 3.63) is 0 Å². The van der Waals surface area contributed by atoms with Gasteiger partial charge in [0.2, 0.25) is 0 Å². The molecule has 1 N–H and O–H groups in total. The zero-order valence-corrected chi connectivity index (χ0v) is 11.3. The molecular weight excluding hydrogens is 212 g/mol. The summed E-state index contributed by atoms with van der Waals surface area (Å²) in [7, 11) is 0. The number of hydrogen-bond donors (Lipinski definition) is 1. The molecule has 17 heavy (non-hydrogen) atoms. The molecule has 0 spiro atoms. The fourth-order valence-corrected chi connectivity index (χ4v) is 2.96. The molecule has 100 valence electrons. The highest BCUT2D eigenvalue weighted by Crippen LogP contribution is 2.15. The minimum atomic E-state index is 0.509. The average Bonchev–Trinajstić information content (AvgIpc) is 2.88. The average molecular weight is 240 g/mol. The summed E-state index contributed by atoms with van der Waals surface area (Å²) in [6.07, 6.45) is 8.48. The van der Waals surface area contributed by atoms with Gasteiger partial charge in [-0.2, -0.15) is 0 Å². The van der Waals surface area contributed by atoms with Crippen LogP contribution in [-0.4, -0.2) is 49.8 Å². The van der Waals surface area contributed by atoms with E-state index in [1.54, 1.807) is 0 Å². The van der Waals surface area contributed by atoms with Crippen molar-refractivity contribution in [3.8, 4) is 0 Å². The Bertz CT molecular complexity index is 198. The fourth-order valence-electron chi connectivity index (χ4n) is 2.96. The van der Waals surface area contributed by atoms with Crippen molar-refractivity contribution >= 4 is 0 Å². The van der Waals surface area contributed by atoms with Crippen LogP contribution in [0.2, 0.25) is 0 Å². The SMILES string of the molecule is CCN(CCC1CCCCN1)CC1CCCO1. The van der Waals surface area contributed by atoms with Gasteiger partial charge in [0.1, 0.15) is 0 Å². The summed E-state index contributed by atoms with van der Waals surface area (Å²) in [4.78, 5) is 2.56. The Hall–Kier alpha value is -0.120. The Kier molecular flexibility index (Phi) is 5.75. The molecule has 3 nitrogen and oxygen atoms in total. The Morgan fingerprint density at radius 1 is 1.24 bits per heavy atom. The first-order valence-electron chi connectivity index (χ1n) is 7.46. The maximum Gasteiger partial charge on any atom is 0.0702 e. The lowest BCUT2D eigenvalue weighted by molar-refractivity contribution is 0.0731. The lowest BCUT2D eigenvalue weighted by Gasteiger charge is -2.28. The molecule has 2 rings (SSSR count). The predicted molar refractivity (Wildman–Crippen MR) is 71.3 cm³/mol. The quantitative estimate of drug-likeness (QED) is 0.769. The lowest BCUT2D eigenvalue weighted by Crippen LogP contribution is -2.39. The second-order valence-electron chi connectivity index (χ2n) is 5.46. The number of piperidine rings is 1. The second kappa shape index (κ2) is 7.34. The van der Waals surface area contributed by atoms with Gasteiger partial charge in [-0.25, -0.2) is 0 Å². The van der Waals surface area contributed by atoms with Crippen molar-refractivity contribution in [3.63, 3.8) is 0 Å². The second-order valence-corrected chi connectivity index (χ2v) is 5.46. The fraction of sp³-hybridized carbons (Fsp3) is 1.00. The van der Waals surface area contributed by atoms with Crippen molar-refractivity contribution in [1.82, 2.24) is 10.2 Å². The normalized spacial score (nSPS) is 30.0. The van der Waals surface area contributed by atoms with Crippen LogP contribution in [0, 0.1) is 0 Å². The Balaban J connectivity index is 1.63. The lowest BCUT2D eigenvalue weighted by atomic mass is 10.0.